The highest BCUT2D eigenvalue weighted by atomic mass is 35.5. The molecule has 0 aromatic heterocycles. The van der Waals surface area contributed by atoms with Gasteiger partial charge in [0.2, 0.25) is 5.91 Å². The quantitative estimate of drug-likeness (QED) is 0.740. The molecule has 2 saturated carbocycles. The van der Waals surface area contributed by atoms with Crippen LogP contribution in [-0.2, 0) is 4.79 Å². The fraction of sp³-hybridized carbons (Fsp3) is 0.923. The first-order chi connectivity index (χ1) is 7.61. The maximum atomic E-state index is 12.0. The van der Waals surface area contributed by atoms with Crippen LogP contribution in [0.2, 0.25) is 0 Å². The highest BCUT2D eigenvalue weighted by molar-refractivity contribution is 6.17. The first-order valence-corrected chi connectivity index (χ1v) is 7.01. The monoisotopic (exact) mass is 243 g/mol. The Hall–Kier alpha value is -0.240. The standard InChI is InChI=1S/C13H22ClNO/c1-8(2)12(3-4-14)15-13(16)11-6-9-5-10(9)7-11/h8-12H,3-7H2,1-2H3,(H,15,16). The van der Waals surface area contributed by atoms with Crippen LogP contribution in [-0.4, -0.2) is 17.8 Å². The predicted molar refractivity (Wildman–Crippen MR) is 66.4 cm³/mol. The zero-order valence-corrected chi connectivity index (χ0v) is 11.0. The Morgan fingerprint density at radius 2 is 1.94 bits per heavy atom. The molecule has 3 atom stereocenters. The molecule has 0 spiro atoms. The molecule has 0 radical (unpaired) electrons. The van der Waals surface area contributed by atoms with E-state index in [0.717, 1.165) is 31.1 Å². The lowest BCUT2D eigenvalue weighted by atomic mass is 9.98. The van der Waals surface area contributed by atoms with E-state index in [0.29, 0.717) is 17.7 Å². The van der Waals surface area contributed by atoms with E-state index < -0.39 is 0 Å². The third-order valence-corrected chi connectivity index (χ3v) is 4.39. The molecular weight excluding hydrogens is 222 g/mol. The minimum Gasteiger partial charge on any atom is -0.353 e. The number of nitrogens with one attached hydrogen (secondary N) is 1. The molecule has 2 fully saturated rings. The van der Waals surface area contributed by atoms with Crippen LogP contribution in [0, 0.1) is 23.7 Å². The first-order valence-electron chi connectivity index (χ1n) is 6.48. The molecule has 0 saturated heterocycles. The van der Waals surface area contributed by atoms with Crippen molar-refractivity contribution in [2.45, 2.75) is 45.6 Å². The van der Waals surface area contributed by atoms with E-state index in [2.05, 4.69) is 19.2 Å². The topological polar surface area (TPSA) is 29.1 Å². The van der Waals surface area contributed by atoms with Gasteiger partial charge in [0.05, 0.1) is 0 Å². The summed E-state index contributed by atoms with van der Waals surface area (Å²) >= 11 is 5.76. The Kier molecular flexibility index (Phi) is 3.78. The number of amides is 1. The molecular formula is C13H22ClNO. The number of rotatable bonds is 5. The van der Waals surface area contributed by atoms with Crippen LogP contribution in [0.5, 0.6) is 0 Å². The Labute approximate surface area is 103 Å². The highest BCUT2D eigenvalue weighted by Crippen LogP contribution is 2.54. The van der Waals surface area contributed by atoms with E-state index in [1.54, 1.807) is 0 Å². The van der Waals surface area contributed by atoms with Crippen molar-refractivity contribution in [1.82, 2.24) is 5.32 Å². The summed E-state index contributed by atoms with van der Waals surface area (Å²) in [6.45, 7) is 4.28. The van der Waals surface area contributed by atoms with Gasteiger partial charge in [-0.2, -0.15) is 0 Å². The summed E-state index contributed by atoms with van der Waals surface area (Å²) < 4.78 is 0. The van der Waals surface area contributed by atoms with Crippen LogP contribution in [0.1, 0.15) is 39.5 Å². The third-order valence-electron chi connectivity index (χ3n) is 4.17. The summed E-state index contributed by atoms with van der Waals surface area (Å²) in [5.74, 6) is 3.41. The molecule has 3 unspecified atom stereocenters. The molecule has 0 aromatic carbocycles. The van der Waals surface area contributed by atoms with Gasteiger partial charge in [-0.05, 0) is 43.4 Å². The summed E-state index contributed by atoms with van der Waals surface area (Å²) in [5.41, 5.74) is 0. The SMILES string of the molecule is CC(C)C(CCCl)NC(=O)C1CC2CC2C1. The van der Waals surface area contributed by atoms with E-state index in [1.807, 2.05) is 0 Å². The van der Waals surface area contributed by atoms with Crippen LogP contribution in [0.4, 0.5) is 0 Å². The predicted octanol–water partition coefficient (Wildman–Crippen LogP) is 2.80. The average Bonchev–Trinajstić information content (AvgIpc) is 2.84. The summed E-state index contributed by atoms with van der Waals surface area (Å²) in [7, 11) is 0. The van der Waals surface area contributed by atoms with Gasteiger partial charge in [0, 0.05) is 17.8 Å². The molecule has 2 rings (SSSR count). The number of carbonyl (C=O) groups excluding carboxylic acids is 1. The molecule has 92 valence electrons. The third kappa shape index (κ3) is 2.71. The van der Waals surface area contributed by atoms with Crippen molar-refractivity contribution < 1.29 is 4.79 Å². The van der Waals surface area contributed by atoms with E-state index in [9.17, 15) is 4.79 Å². The molecule has 0 aromatic rings. The van der Waals surface area contributed by atoms with Crippen molar-refractivity contribution in [3.8, 4) is 0 Å². The van der Waals surface area contributed by atoms with Gasteiger partial charge in [0.25, 0.3) is 0 Å². The van der Waals surface area contributed by atoms with E-state index in [1.165, 1.54) is 6.42 Å². The minimum absolute atomic E-state index is 0.252. The number of hydrogen-bond donors (Lipinski definition) is 1. The lowest BCUT2D eigenvalue weighted by Gasteiger charge is -2.23. The van der Waals surface area contributed by atoms with Crippen LogP contribution in [0.25, 0.3) is 0 Å². The van der Waals surface area contributed by atoms with Crippen LogP contribution < -0.4 is 5.32 Å². The zero-order chi connectivity index (χ0) is 11.7. The molecule has 1 N–H and O–H groups in total. The molecule has 2 nitrogen and oxygen atoms in total. The summed E-state index contributed by atoms with van der Waals surface area (Å²) in [4.78, 5) is 12.0. The molecule has 3 heteroatoms. The van der Waals surface area contributed by atoms with Crippen molar-refractivity contribution in [1.29, 1.82) is 0 Å². The number of alkyl halides is 1. The fourth-order valence-electron chi connectivity index (χ4n) is 2.92. The maximum Gasteiger partial charge on any atom is 0.223 e. The van der Waals surface area contributed by atoms with Crippen LogP contribution in [0.15, 0.2) is 0 Å². The van der Waals surface area contributed by atoms with Gasteiger partial charge in [-0.25, -0.2) is 0 Å². The van der Waals surface area contributed by atoms with E-state index in [4.69, 9.17) is 11.6 Å². The van der Waals surface area contributed by atoms with Crippen LogP contribution >= 0.6 is 11.6 Å². The van der Waals surface area contributed by atoms with Crippen molar-refractivity contribution in [3.05, 3.63) is 0 Å². The van der Waals surface area contributed by atoms with E-state index >= 15 is 0 Å². The maximum absolute atomic E-state index is 12.0. The fourth-order valence-corrected chi connectivity index (χ4v) is 3.15. The minimum atomic E-state index is 0.252. The Morgan fingerprint density at radius 3 is 2.44 bits per heavy atom. The molecule has 2 aliphatic carbocycles. The second kappa shape index (κ2) is 4.95. The van der Waals surface area contributed by atoms with Gasteiger partial charge in [-0.15, -0.1) is 11.6 Å². The molecule has 0 heterocycles. The molecule has 16 heavy (non-hydrogen) atoms. The molecule has 1 amide bonds. The molecule has 0 aliphatic heterocycles. The highest BCUT2D eigenvalue weighted by Gasteiger charge is 2.48. The second-order valence-corrected chi connectivity index (χ2v) is 6.14. The largest absolute Gasteiger partial charge is 0.353 e. The number of hydrogen-bond acceptors (Lipinski definition) is 1. The van der Waals surface area contributed by atoms with Crippen LogP contribution in [0.3, 0.4) is 0 Å². The van der Waals surface area contributed by atoms with Crippen molar-refractivity contribution in [2.75, 3.05) is 5.88 Å². The van der Waals surface area contributed by atoms with Gasteiger partial charge in [0.1, 0.15) is 0 Å². The Morgan fingerprint density at radius 1 is 1.31 bits per heavy atom. The first kappa shape index (κ1) is 12.2. The van der Waals surface area contributed by atoms with Gasteiger partial charge in [0.15, 0.2) is 0 Å². The van der Waals surface area contributed by atoms with E-state index in [-0.39, 0.29) is 11.9 Å². The Balaban J connectivity index is 1.80. The van der Waals surface area contributed by atoms with Gasteiger partial charge >= 0.3 is 0 Å². The summed E-state index contributed by atoms with van der Waals surface area (Å²) in [5, 5.41) is 3.18. The Bertz CT molecular complexity index is 257. The average molecular weight is 244 g/mol. The van der Waals surface area contributed by atoms with Crippen molar-refractivity contribution >= 4 is 17.5 Å². The number of fused-ring (bicyclic) bond motifs is 1. The lowest BCUT2D eigenvalue weighted by Crippen LogP contribution is -2.41. The van der Waals surface area contributed by atoms with Gasteiger partial charge in [-0.1, -0.05) is 13.8 Å². The summed E-state index contributed by atoms with van der Waals surface area (Å²) in [6.07, 6.45) is 4.51. The molecule has 2 aliphatic rings. The zero-order valence-electron chi connectivity index (χ0n) is 10.2. The molecule has 0 bridgehead atoms. The normalized spacial score (nSPS) is 33.6. The lowest BCUT2D eigenvalue weighted by molar-refractivity contribution is -0.126. The van der Waals surface area contributed by atoms with Gasteiger partial charge < -0.3 is 5.32 Å². The number of halogens is 1. The summed E-state index contributed by atoms with van der Waals surface area (Å²) in [6, 6.07) is 0.252. The van der Waals surface area contributed by atoms with Crippen molar-refractivity contribution in [2.24, 2.45) is 23.7 Å². The second-order valence-electron chi connectivity index (χ2n) is 5.76. The van der Waals surface area contributed by atoms with Gasteiger partial charge in [-0.3, -0.25) is 4.79 Å². The number of carbonyl (C=O) groups is 1. The smallest absolute Gasteiger partial charge is 0.223 e. The van der Waals surface area contributed by atoms with Crippen molar-refractivity contribution in [3.63, 3.8) is 0 Å².